The number of carbonyl (C=O) groups is 3. The number of fused-ring (bicyclic) bond motifs is 5. The Morgan fingerprint density at radius 2 is 1.97 bits per heavy atom. The van der Waals surface area contributed by atoms with E-state index in [0.29, 0.717) is 49.8 Å². The summed E-state index contributed by atoms with van der Waals surface area (Å²) in [6, 6.07) is 4.61. The molecule has 2 saturated heterocycles. The smallest absolute Gasteiger partial charge is 0.324 e. The number of ether oxygens (including phenoxy) is 3. The lowest BCUT2D eigenvalue weighted by molar-refractivity contribution is -0.156. The number of amides is 2. The van der Waals surface area contributed by atoms with Gasteiger partial charge in [0.1, 0.15) is 23.2 Å². The van der Waals surface area contributed by atoms with Gasteiger partial charge >= 0.3 is 5.97 Å². The fraction of sp³-hybridized carbons (Fsp3) is 0.630. The molecule has 0 spiro atoms. The molecule has 13 nitrogen and oxygen atoms in total. The Morgan fingerprint density at radius 1 is 1.20 bits per heavy atom. The standard InChI is InChI=1S/C46H65N7O6S/c1-10-31(38(47-11-2)29(6)57-9)40-33-24-46(7,8)26-59-45(56)34-15-13-20-53(50-34)44(55)39(49-42(54)37-27(4)28(37)5)41(58-22-21-51-18-14-19-51)43-48-35(25-60-43)30-16-17-36(32(33)23-30)52(40)12-3/h10-11,16-17,23,27-29,34-35,37,39,41,50H,1,12-15,18-22,24-26H2,2-9H3,(H,49,54)/b38-31+,47-11?/t27-,28+,29-,34-,35?,37?,39-,41-/m0/s1. The molecular weight excluding hydrogens is 779 g/mol. The van der Waals surface area contributed by atoms with Crippen LogP contribution in [0.1, 0.15) is 90.6 Å². The Labute approximate surface area is 359 Å². The first-order valence-corrected chi connectivity index (χ1v) is 22.9. The van der Waals surface area contributed by atoms with Crippen LogP contribution in [-0.2, 0) is 41.6 Å². The van der Waals surface area contributed by atoms with Gasteiger partial charge in [0.25, 0.3) is 5.91 Å². The summed E-state index contributed by atoms with van der Waals surface area (Å²) in [4.78, 5) is 55.1. The predicted octanol–water partition coefficient (Wildman–Crippen LogP) is 5.97. The molecular formula is C46H65N7O6S. The quantitative estimate of drug-likeness (QED) is 0.150. The molecule has 5 heterocycles. The van der Waals surface area contributed by atoms with Crippen molar-refractivity contribution < 1.29 is 28.6 Å². The lowest BCUT2D eigenvalue weighted by Crippen LogP contribution is -2.63. The van der Waals surface area contributed by atoms with Crippen LogP contribution in [-0.4, -0.2) is 120 Å². The SMILES string of the molecule is C=C/C(=C(\N=CC)[C@H](C)OC)c1c2c3cc(ccc3n1CC)C1CSC(=N1)[C@@H](OCCN1CCC1)[C@H](NC(=O)C1[C@@H](C)[C@H]1C)C(=O)N1CCC[C@H](N1)C(=O)OCC(C)(C)C2. The van der Waals surface area contributed by atoms with Crippen molar-refractivity contribution in [1.29, 1.82) is 0 Å². The lowest BCUT2D eigenvalue weighted by Gasteiger charge is -2.37. The molecule has 2 N–H and O–H groups in total. The number of aromatic nitrogens is 1. The van der Waals surface area contributed by atoms with Gasteiger partial charge < -0.3 is 29.0 Å². The molecule has 60 heavy (non-hydrogen) atoms. The van der Waals surface area contributed by atoms with Crippen molar-refractivity contribution in [3.8, 4) is 0 Å². The van der Waals surface area contributed by atoms with Gasteiger partial charge in [-0.2, -0.15) is 0 Å². The Kier molecular flexibility index (Phi) is 13.8. The van der Waals surface area contributed by atoms with E-state index in [2.05, 4.69) is 79.6 Å². The highest BCUT2D eigenvalue weighted by Gasteiger charge is 2.50. The summed E-state index contributed by atoms with van der Waals surface area (Å²) in [5.74, 6) is 0.00698. The monoisotopic (exact) mass is 843 g/mol. The maximum absolute atomic E-state index is 14.8. The Balaban J connectivity index is 1.38. The third kappa shape index (κ3) is 9.04. The van der Waals surface area contributed by atoms with Crippen LogP contribution in [0.25, 0.3) is 16.5 Å². The maximum Gasteiger partial charge on any atom is 0.324 e. The zero-order chi connectivity index (χ0) is 42.9. The normalized spacial score (nSPS) is 29.4. The molecule has 326 valence electrons. The van der Waals surface area contributed by atoms with Crippen molar-refractivity contribution in [3.63, 3.8) is 0 Å². The molecule has 1 aromatic heterocycles. The number of rotatable bonds is 12. The highest BCUT2D eigenvalue weighted by molar-refractivity contribution is 8.14. The van der Waals surface area contributed by atoms with Gasteiger partial charge in [-0.3, -0.25) is 29.4 Å². The number of nitrogens with zero attached hydrogens (tertiary/aromatic N) is 5. The summed E-state index contributed by atoms with van der Waals surface area (Å²) in [5, 5.41) is 6.44. The van der Waals surface area contributed by atoms with Gasteiger partial charge in [0, 0.05) is 66.5 Å². The number of allylic oxidation sites excluding steroid dienone is 2. The van der Waals surface area contributed by atoms with Gasteiger partial charge in [-0.25, -0.2) is 5.43 Å². The number of nitrogens with one attached hydrogen (secondary N) is 2. The highest BCUT2D eigenvalue weighted by Crippen LogP contribution is 2.46. The Hall–Kier alpha value is -3.82. The third-order valence-corrected chi connectivity index (χ3v) is 14.3. The molecule has 2 aromatic rings. The number of benzene rings is 1. The summed E-state index contributed by atoms with van der Waals surface area (Å²) in [6.45, 7) is 23.1. The summed E-state index contributed by atoms with van der Waals surface area (Å²) in [5.41, 5.74) is 8.64. The van der Waals surface area contributed by atoms with Crippen LogP contribution in [0.15, 0.2) is 46.5 Å². The second-order valence-electron chi connectivity index (χ2n) is 17.9. The number of esters is 1. The van der Waals surface area contributed by atoms with Crippen molar-refractivity contribution >= 4 is 57.3 Å². The van der Waals surface area contributed by atoms with E-state index in [4.69, 9.17) is 24.2 Å². The molecule has 1 aliphatic carbocycles. The average Bonchev–Trinajstić information content (AvgIpc) is 3.50. The predicted molar refractivity (Wildman–Crippen MR) is 239 cm³/mol. The van der Waals surface area contributed by atoms with E-state index in [1.165, 1.54) is 5.01 Å². The van der Waals surface area contributed by atoms with Gasteiger partial charge in [-0.05, 0) is 94.6 Å². The molecule has 1 saturated carbocycles. The number of hydrogen-bond donors (Lipinski definition) is 2. The second-order valence-corrected chi connectivity index (χ2v) is 18.9. The van der Waals surface area contributed by atoms with Crippen molar-refractivity contribution in [2.24, 2.45) is 33.2 Å². The number of carbonyl (C=O) groups excluding carboxylic acids is 3. The van der Waals surface area contributed by atoms with Gasteiger partial charge in [-0.15, -0.1) is 11.8 Å². The average molecular weight is 844 g/mol. The zero-order valence-electron chi connectivity index (χ0n) is 36.8. The van der Waals surface area contributed by atoms with Crippen LogP contribution < -0.4 is 10.7 Å². The van der Waals surface area contributed by atoms with Gasteiger partial charge in [0.15, 0.2) is 0 Å². The molecule has 3 fully saturated rings. The molecule has 6 bridgehead atoms. The fourth-order valence-corrected chi connectivity index (χ4v) is 10.4. The number of cyclic esters (lactones) is 1. The van der Waals surface area contributed by atoms with E-state index in [1.807, 2.05) is 19.9 Å². The van der Waals surface area contributed by atoms with Gasteiger partial charge in [-0.1, -0.05) is 46.4 Å². The number of likely N-dealkylation sites (tertiary alicyclic amines) is 1. The second kappa shape index (κ2) is 18.7. The fourth-order valence-electron chi connectivity index (χ4n) is 9.21. The number of thioether (sulfide) groups is 1. The van der Waals surface area contributed by atoms with Crippen LogP contribution in [0.4, 0.5) is 0 Å². The molecule has 5 aliphatic rings. The highest BCUT2D eigenvalue weighted by atomic mass is 32.2. The van der Waals surface area contributed by atoms with E-state index >= 15 is 0 Å². The molecule has 1 aromatic carbocycles. The summed E-state index contributed by atoms with van der Waals surface area (Å²) >= 11 is 1.59. The van der Waals surface area contributed by atoms with E-state index in [0.717, 1.165) is 65.0 Å². The van der Waals surface area contributed by atoms with Crippen LogP contribution in [0, 0.1) is 23.2 Å². The summed E-state index contributed by atoms with van der Waals surface area (Å²) in [6.07, 6.45) is 5.41. The minimum Gasteiger partial charge on any atom is -0.464 e. The molecule has 2 amide bonds. The minimum atomic E-state index is -1.05. The maximum atomic E-state index is 14.8. The van der Waals surface area contributed by atoms with E-state index in [-0.39, 0.29) is 48.3 Å². The first-order valence-electron chi connectivity index (χ1n) is 21.9. The number of hydrazine groups is 1. The van der Waals surface area contributed by atoms with Crippen LogP contribution in [0.2, 0.25) is 0 Å². The van der Waals surface area contributed by atoms with E-state index < -0.39 is 29.6 Å². The van der Waals surface area contributed by atoms with Gasteiger partial charge in [0.2, 0.25) is 5.91 Å². The summed E-state index contributed by atoms with van der Waals surface area (Å²) < 4.78 is 21.0. The topological polar surface area (TPSA) is 139 Å². The number of aryl methyl sites for hydroxylation is 1. The number of methoxy groups -OCH3 is 1. The first-order chi connectivity index (χ1) is 28.8. The Morgan fingerprint density at radius 3 is 2.62 bits per heavy atom. The number of aliphatic imine (C=N–C) groups is 2. The zero-order valence-corrected chi connectivity index (χ0v) is 37.6. The summed E-state index contributed by atoms with van der Waals surface area (Å²) in [7, 11) is 1.69. The Bertz CT molecular complexity index is 2050. The lowest BCUT2D eigenvalue weighted by atomic mass is 9.84. The molecule has 2 unspecified atom stereocenters. The van der Waals surface area contributed by atoms with Crippen LogP contribution in [0.3, 0.4) is 0 Å². The van der Waals surface area contributed by atoms with Crippen molar-refractivity contribution in [2.75, 3.05) is 52.3 Å². The first kappa shape index (κ1) is 44.2. The molecule has 4 aliphatic heterocycles. The van der Waals surface area contributed by atoms with Crippen LogP contribution in [0.5, 0.6) is 0 Å². The van der Waals surface area contributed by atoms with Gasteiger partial charge in [0.05, 0.1) is 36.8 Å². The molecule has 14 heteroatoms. The van der Waals surface area contributed by atoms with Crippen molar-refractivity contribution in [1.82, 2.24) is 25.2 Å². The molecule has 8 atom stereocenters. The van der Waals surface area contributed by atoms with Crippen molar-refractivity contribution in [3.05, 3.63) is 53.4 Å². The molecule has 7 rings (SSSR count). The molecule has 0 radical (unpaired) electrons. The number of hydrogen-bond acceptors (Lipinski definition) is 11. The van der Waals surface area contributed by atoms with Crippen molar-refractivity contribution in [2.45, 2.75) is 111 Å². The van der Waals surface area contributed by atoms with E-state index in [1.54, 1.807) is 25.1 Å². The van der Waals surface area contributed by atoms with Crippen LogP contribution >= 0.6 is 11.8 Å². The van der Waals surface area contributed by atoms with E-state index in [9.17, 15) is 14.4 Å². The largest absolute Gasteiger partial charge is 0.464 e. The third-order valence-electron chi connectivity index (χ3n) is 13.2. The minimum absolute atomic E-state index is 0.156.